The van der Waals surface area contributed by atoms with Gasteiger partial charge in [-0.1, -0.05) is 0 Å². The van der Waals surface area contributed by atoms with E-state index in [2.05, 4.69) is 15.1 Å². The van der Waals surface area contributed by atoms with E-state index >= 15 is 0 Å². The molecule has 0 radical (unpaired) electrons. The summed E-state index contributed by atoms with van der Waals surface area (Å²) in [6.45, 7) is 7.81. The van der Waals surface area contributed by atoms with Crippen LogP contribution in [-0.4, -0.2) is 85.2 Å². The highest BCUT2D eigenvalue weighted by molar-refractivity contribution is 8.00. The van der Waals surface area contributed by atoms with Crippen molar-refractivity contribution in [2.24, 2.45) is 0 Å². The second-order valence-corrected chi connectivity index (χ2v) is 7.48. The van der Waals surface area contributed by atoms with E-state index < -0.39 is 0 Å². The van der Waals surface area contributed by atoms with Crippen LogP contribution in [-0.2, 0) is 9.53 Å². The number of nitrogens with one attached hydrogen (secondary N) is 1. The normalized spacial score (nSPS) is 29.0. The number of likely N-dealkylation sites (tertiary alicyclic amines) is 1. The van der Waals surface area contributed by atoms with Crippen molar-refractivity contribution in [1.29, 1.82) is 0 Å². The summed E-state index contributed by atoms with van der Waals surface area (Å²) < 4.78 is 5.41. The summed E-state index contributed by atoms with van der Waals surface area (Å²) in [6.07, 6.45) is 3.53. The van der Waals surface area contributed by atoms with Gasteiger partial charge in [0, 0.05) is 37.5 Å². The Morgan fingerprint density at radius 1 is 1.14 bits per heavy atom. The Morgan fingerprint density at radius 2 is 1.90 bits per heavy atom. The fourth-order valence-electron chi connectivity index (χ4n) is 3.45. The number of thioether (sulfide) groups is 1. The van der Waals surface area contributed by atoms with Gasteiger partial charge >= 0.3 is 0 Å². The maximum Gasteiger partial charge on any atom is 0.232 e. The van der Waals surface area contributed by atoms with Crippen LogP contribution in [0.15, 0.2) is 0 Å². The van der Waals surface area contributed by atoms with Crippen LogP contribution in [0.2, 0.25) is 0 Å². The molecule has 0 spiro atoms. The lowest BCUT2D eigenvalue weighted by molar-refractivity contribution is -0.127. The number of carbonyl (C=O) groups is 1. The molecule has 0 aliphatic carbocycles. The van der Waals surface area contributed by atoms with E-state index in [1.807, 2.05) is 11.8 Å². The van der Waals surface area contributed by atoms with Crippen molar-refractivity contribution >= 4 is 17.7 Å². The van der Waals surface area contributed by atoms with Crippen molar-refractivity contribution < 1.29 is 9.53 Å². The molecule has 3 rings (SSSR count). The zero-order chi connectivity index (χ0) is 14.5. The summed E-state index contributed by atoms with van der Waals surface area (Å²) in [6, 6.07) is 0.557. The topological polar surface area (TPSA) is 44.8 Å². The number of nitrogens with zero attached hydrogens (tertiary/aromatic N) is 2. The molecule has 1 atom stereocenters. The molecule has 0 bridgehead atoms. The lowest BCUT2D eigenvalue weighted by atomic mass is 10.2. The fourth-order valence-corrected chi connectivity index (χ4v) is 4.58. The minimum absolute atomic E-state index is 0.342. The lowest BCUT2D eigenvalue weighted by Crippen LogP contribution is -2.45. The highest BCUT2D eigenvalue weighted by Crippen LogP contribution is 2.22. The average Bonchev–Trinajstić information content (AvgIpc) is 3.04. The van der Waals surface area contributed by atoms with E-state index in [1.54, 1.807) is 0 Å². The zero-order valence-electron chi connectivity index (χ0n) is 12.8. The Hall–Kier alpha value is -0.300. The standard InChI is InChI=1S/C15H27N3O2S/c19-15(12-21-14-1-4-16-5-2-14)18-6-3-13(11-18)17-7-9-20-10-8-17/h13-14,16H,1-12H2. The third-order valence-electron chi connectivity index (χ3n) is 4.81. The molecule has 0 aromatic heterocycles. The van der Waals surface area contributed by atoms with Crippen LogP contribution < -0.4 is 5.32 Å². The van der Waals surface area contributed by atoms with Crippen LogP contribution in [0.1, 0.15) is 19.3 Å². The van der Waals surface area contributed by atoms with Crippen molar-refractivity contribution in [3.05, 3.63) is 0 Å². The second kappa shape index (κ2) is 7.81. The molecular formula is C15H27N3O2S. The Kier molecular flexibility index (Phi) is 5.80. The predicted octanol–water partition coefficient (Wildman–Crippen LogP) is 0.405. The first kappa shape index (κ1) is 15.6. The second-order valence-electron chi connectivity index (χ2n) is 6.19. The minimum Gasteiger partial charge on any atom is -0.379 e. The maximum absolute atomic E-state index is 12.4. The van der Waals surface area contributed by atoms with Crippen LogP contribution in [0.25, 0.3) is 0 Å². The Morgan fingerprint density at radius 3 is 2.67 bits per heavy atom. The fraction of sp³-hybridized carbons (Fsp3) is 0.933. The Balaban J connectivity index is 1.39. The van der Waals surface area contributed by atoms with Crippen LogP contribution in [0.5, 0.6) is 0 Å². The van der Waals surface area contributed by atoms with Gasteiger partial charge in [-0.15, -0.1) is 11.8 Å². The third kappa shape index (κ3) is 4.34. The molecule has 5 nitrogen and oxygen atoms in total. The molecule has 1 unspecified atom stereocenters. The number of hydrogen-bond acceptors (Lipinski definition) is 5. The van der Waals surface area contributed by atoms with Gasteiger partial charge in [0.05, 0.1) is 19.0 Å². The van der Waals surface area contributed by atoms with Crippen LogP contribution in [0.4, 0.5) is 0 Å². The van der Waals surface area contributed by atoms with E-state index in [0.29, 0.717) is 23.0 Å². The van der Waals surface area contributed by atoms with Crippen molar-refractivity contribution in [2.75, 3.05) is 58.2 Å². The van der Waals surface area contributed by atoms with Gasteiger partial charge in [-0.25, -0.2) is 0 Å². The summed E-state index contributed by atoms with van der Waals surface area (Å²) in [4.78, 5) is 16.9. The summed E-state index contributed by atoms with van der Waals surface area (Å²) in [5.41, 5.74) is 0. The first-order chi connectivity index (χ1) is 10.3. The molecule has 21 heavy (non-hydrogen) atoms. The van der Waals surface area contributed by atoms with Crippen LogP contribution >= 0.6 is 11.8 Å². The first-order valence-electron chi connectivity index (χ1n) is 8.25. The molecule has 120 valence electrons. The van der Waals surface area contributed by atoms with Gasteiger partial charge in [0.1, 0.15) is 0 Å². The SMILES string of the molecule is O=C(CSC1CCNCC1)N1CCC(N2CCOCC2)C1. The van der Waals surface area contributed by atoms with Gasteiger partial charge in [0.2, 0.25) is 5.91 Å². The summed E-state index contributed by atoms with van der Waals surface area (Å²) in [7, 11) is 0. The molecule has 3 heterocycles. The van der Waals surface area contributed by atoms with Crippen molar-refractivity contribution in [2.45, 2.75) is 30.6 Å². The molecule has 0 aromatic carbocycles. The summed E-state index contributed by atoms with van der Waals surface area (Å²) in [5.74, 6) is 1.01. The van der Waals surface area contributed by atoms with E-state index in [4.69, 9.17) is 4.74 Å². The quantitative estimate of drug-likeness (QED) is 0.814. The van der Waals surface area contributed by atoms with Gasteiger partial charge in [0.25, 0.3) is 0 Å². The zero-order valence-corrected chi connectivity index (χ0v) is 13.6. The maximum atomic E-state index is 12.4. The summed E-state index contributed by atoms with van der Waals surface area (Å²) in [5, 5.41) is 4.05. The predicted molar refractivity (Wildman–Crippen MR) is 85.7 cm³/mol. The largest absolute Gasteiger partial charge is 0.379 e. The Labute approximate surface area is 131 Å². The monoisotopic (exact) mass is 313 g/mol. The molecule has 6 heteroatoms. The number of morpholine rings is 1. The number of carbonyl (C=O) groups excluding carboxylic acids is 1. The smallest absolute Gasteiger partial charge is 0.232 e. The van der Waals surface area contributed by atoms with E-state index in [0.717, 1.165) is 58.9 Å². The van der Waals surface area contributed by atoms with E-state index in [1.165, 1.54) is 12.8 Å². The molecule has 3 aliphatic heterocycles. The van der Waals surface area contributed by atoms with Crippen molar-refractivity contribution in [1.82, 2.24) is 15.1 Å². The minimum atomic E-state index is 0.342. The van der Waals surface area contributed by atoms with Crippen molar-refractivity contribution in [3.8, 4) is 0 Å². The van der Waals surface area contributed by atoms with Crippen LogP contribution in [0, 0.1) is 0 Å². The molecule has 0 aromatic rings. The molecule has 0 saturated carbocycles. The molecule has 1 amide bonds. The lowest BCUT2D eigenvalue weighted by Gasteiger charge is -2.32. The molecule has 1 N–H and O–H groups in total. The summed E-state index contributed by atoms with van der Waals surface area (Å²) >= 11 is 1.86. The van der Waals surface area contributed by atoms with E-state index in [-0.39, 0.29) is 0 Å². The molecule has 3 saturated heterocycles. The first-order valence-corrected chi connectivity index (χ1v) is 9.29. The number of ether oxygens (including phenoxy) is 1. The molecule has 3 fully saturated rings. The number of amides is 1. The van der Waals surface area contributed by atoms with Gasteiger partial charge in [-0.2, -0.15) is 0 Å². The van der Waals surface area contributed by atoms with Crippen LogP contribution in [0.3, 0.4) is 0 Å². The molecule has 3 aliphatic rings. The Bertz CT molecular complexity index is 344. The van der Waals surface area contributed by atoms with Gasteiger partial charge in [-0.3, -0.25) is 9.69 Å². The third-order valence-corrected chi connectivity index (χ3v) is 6.16. The van der Waals surface area contributed by atoms with E-state index in [9.17, 15) is 4.79 Å². The van der Waals surface area contributed by atoms with Gasteiger partial charge < -0.3 is 15.0 Å². The van der Waals surface area contributed by atoms with Gasteiger partial charge in [-0.05, 0) is 32.4 Å². The highest BCUT2D eigenvalue weighted by atomic mass is 32.2. The number of hydrogen-bond donors (Lipinski definition) is 1. The van der Waals surface area contributed by atoms with Gasteiger partial charge in [0.15, 0.2) is 0 Å². The number of rotatable bonds is 4. The molecular weight excluding hydrogens is 286 g/mol. The average molecular weight is 313 g/mol. The van der Waals surface area contributed by atoms with Crippen molar-refractivity contribution in [3.63, 3.8) is 0 Å². The number of piperidine rings is 1. The highest BCUT2D eigenvalue weighted by Gasteiger charge is 2.31.